The Hall–Kier alpha value is -2.16. The van der Waals surface area contributed by atoms with Gasteiger partial charge >= 0.3 is 12.1 Å². The molecule has 0 atom stereocenters. The molecule has 1 aromatic rings. The van der Waals surface area contributed by atoms with Gasteiger partial charge in [-0.25, -0.2) is 0 Å². The van der Waals surface area contributed by atoms with Crippen LogP contribution in [0.25, 0.3) is 0 Å². The molecule has 0 fully saturated rings. The number of aromatic nitrogens is 1. The molecular weight excluding hydrogens is 361 g/mol. The average Bonchev–Trinajstić information content (AvgIpc) is 2.64. The van der Waals surface area contributed by atoms with Crippen LogP contribution in [-0.2, 0) is 22.7 Å². The molecule has 0 aliphatic carbocycles. The first kappa shape index (κ1) is 22.9. The normalized spacial score (nSPS) is 11.5. The Kier molecular flexibility index (Phi) is 9.77. The molecule has 0 saturated heterocycles. The average molecular weight is 388 g/mol. The maximum absolute atomic E-state index is 12.9. The Labute approximate surface area is 157 Å². The molecule has 0 spiro atoms. The minimum atomic E-state index is -4.92. The van der Waals surface area contributed by atoms with Crippen molar-refractivity contribution in [2.45, 2.75) is 46.0 Å². The summed E-state index contributed by atoms with van der Waals surface area (Å²) in [7, 11) is 0. The van der Waals surface area contributed by atoms with Gasteiger partial charge in [-0.15, -0.1) is 0 Å². The summed E-state index contributed by atoms with van der Waals surface area (Å²) in [5.41, 5.74) is 1.05. The summed E-state index contributed by atoms with van der Waals surface area (Å²) < 4.78 is 38.8. The molecule has 152 valence electrons. The van der Waals surface area contributed by atoms with Gasteiger partial charge in [-0.3, -0.25) is 14.6 Å². The first-order valence-electron chi connectivity index (χ1n) is 9.01. The van der Waals surface area contributed by atoms with E-state index < -0.39 is 12.1 Å². The number of alkyl halides is 3. The summed E-state index contributed by atoms with van der Waals surface area (Å²) in [6.07, 6.45) is -1.75. The highest BCUT2D eigenvalue weighted by molar-refractivity contribution is 5.81. The largest absolute Gasteiger partial charge is 0.471 e. The lowest BCUT2D eigenvalue weighted by atomic mass is 10.2. The lowest BCUT2D eigenvalue weighted by Crippen LogP contribution is -2.41. The minimum absolute atomic E-state index is 0.0120. The number of halogens is 3. The van der Waals surface area contributed by atoms with Crippen LogP contribution in [0.1, 0.15) is 37.9 Å². The minimum Gasteiger partial charge on any atom is -0.355 e. The zero-order valence-electron chi connectivity index (χ0n) is 15.8. The van der Waals surface area contributed by atoms with Gasteiger partial charge in [-0.1, -0.05) is 13.8 Å². The highest BCUT2D eigenvalue weighted by atomic mass is 19.4. The molecule has 27 heavy (non-hydrogen) atoms. The number of amides is 2. The van der Waals surface area contributed by atoms with Crippen molar-refractivity contribution in [3.05, 3.63) is 29.6 Å². The molecule has 0 unspecified atom stereocenters. The molecule has 0 aliphatic rings. The molecule has 0 bridgehead atoms. The number of hydrogen-bond acceptors (Lipinski definition) is 4. The predicted octanol–water partition coefficient (Wildman–Crippen LogP) is 2.34. The highest BCUT2D eigenvalue weighted by Crippen LogP contribution is 2.20. The van der Waals surface area contributed by atoms with Gasteiger partial charge in [-0.2, -0.15) is 13.2 Å². The topological polar surface area (TPSA) is 65.5 Å². The Balaban J connectivity index is 2.74. The smallest absolute Gasteiger partial charge is 0.355 e. The summed E-state index contributed by atoms with van der Waals surface area (Å²) in [6.45, 7) is 6.64. The van der Waals surface area contributed by atoms with E-state index in [1.807, 2.05) is 13.8 Å². The van der Waals surface area contributed by atoms with Crippen molar-refractivity contribution in [2.24, 2.45) is 0 Å². The Morgan fingerprint density at radius 2 is 1.89 bits per heavy atom. The maximum atomic E-state index is 12.9. The second-order valence-corrected chi connectivity index (χ2v) is 6.11. The first-order valence-corrected chi connectivity index (χ1v) is 9.01. The van der Waals surface area contributed by atoms with E-state index in [0.29, 0.717) is 30.5 Å². The van der Waals surface area contributed by atoms with Crippen molar-refractivity contribution in [3.8, 4) is 0 Å². The summed E-state index contributed by atoms with van der Waals surface area (Å²) in [6, 6.07) is 3.24. The van der Waals surface area contributed by atoms with Crippen molar-refractivity contribution >= 4 is 12.3 Å². The second kappa shape index (κ2) is 11.5. The Bertz CT molecular complexity index is 592. The van der Waals surface area contributed by atoms with E-state index in [2.05, 4.69) is 15.2 Å². The molecule has 6 nitrogen and oxygen atoms in total. The molecule has 0 radical (unpaired) electrons. The van der Waals surface area contributed by atoms with Crippen LogP contribution in [0.3, 0.4) is 0 Å². The number of carbonyl (C=O) groups is 2. The lowest BCUT2D eigenvalue weighted by molar-refractivity contribution is -0.186. The van der Waals surface area contributed by atoms with Gasteiger partial charge in [0.1, 0.15) is 0 Å². The third-order valence-corrected chi connectivity index (χ3v) is 4.20. The Morgan fingerprint density at radius 3 is 2.48 bits per heavy atom. The van der Waals surface area contributed by atoms with Gasteiger partial charge in [0.2, 0.25) is 6.41 Å². The van der Waals surface area contributed by atoms with Crippen LogP contribution in [0.4, 0.5) is 13.2 Å². The zero-order chi connectivity index (χ0) is 20.3. The molecule has 9 heteroatoms. The molecular formula is C18H27F3N4O2. The number of hydrogen-bond donors (Lipinski definition) is 1. The maximum Gasteiger partial charge on any atom is 0.471 e. The van der Waals surface area contributed by atoms with E-state index in [-0.39, 0.29) is 19.6 Å². The van der Waals surface area contributed by atoms with Gasteiger partial charge < -0.3 is 15.1 Å². The summed E-state index contributed by atoms with van der Waals surface area (Å²) in [5, 5.41) is 2.48. The van der Waals surface area contributed by atoms with Crippen molar-refractivity contribution in [2.75, 3.05) is 26.2 Å². The quantitative estimate of drug-likeness (QED) is 0.441. The van der Waals surface area contributed by atoms with Crippen LogP contribution in [0, 0.1) is 0 Å². The monoisotopic (exact) mass is 388 g/mol. The number of nitrogens with zero attached hydrogens (tertiary/aromatic N) is 3. The second-order valence-electron chi connectivity index (χ2n) is 6.11. The van der Waals surface area contributed by atoms with Gasteiger partial charge in [0.25, 0.3) is 0 Å². The van der Waals surface area contributed by atoms with Crippen LogP contribution >= 0.6 is 0 Å². The number of rotatable bonds is 12. The van der Waals surface area contributed by atoms with Gasteiger partial charge in [0, 0.05) is 19.3 Å². The lowest BCUT2D eigenvalue weighted by Gasteiger charge is -2.24. The first-order chi connectivity index (χ1) is 12.8. The summed E-state index contributed by atoms with van der Waals surface area (Å²) >= 11 is 0. The van der Waals surface area contributed by atoms with Crippen LogP contribution in [0.15, 0.2) is 18.3 Å². The molecule has 0 aromatic carbocycles. The van der Waals surface area contributed by atoms with E-state index in [1.165, 1.54) is 6.20 Å². The van der Waals surface area contributed by atoms with Crippen molar-refractivity contribution in [1.29, 1.82) is 0 Å². The Morgan fingerprint density at radius 1 is 1.22 bits per heavy atom. The van der Waals surface area contributed by atoms with E-state index in [9.17, 15) is 22.8 Å². The molecule has 1 heterocycles. The third kappa shape index (κ3) is 8.38. The van der Waals surface area contributed by atoms with Crippen LogP contribution in [0.2, 0.25) is 0 Å². The fourth-order valence-corrected chi connectivity index (χ4v) is 2.69. The molecule has 1 aromatic heterocycles. The third-order valence-electron chi connectivity index (χ3n) is 4.20. The zero-order valence-corrected chi connectivity index (χ0v) is 15.8. The highest BCUT2D eigenvalue weighted by Gasteiger charge is 2.42. The SMILES string of the molecule is CCN(CC)CCCCN(Cc1cc(CNC=O)ccn1)C(=O)C(F)(F)F. The number of unbranched alkanes of at least 4 members (excludes halogenated alkanes) is 1. The summed E-state index contributed by atoms with van der Waals surface area (Å²) in [4.78, 5) is 29.2. The molecule has 0 saturated carbocycles. The van der Waals surface area contributed by atoms with Crippen molar-refractivity contribution in [1.82, 2.24) is 20.1 Å². The van der Waals surface area contributed by atoms with Gasteiger partial charge in [-0.05, 0) is 50.2 Å². The van der Waals surface area contributed by atoms with Crippen LogP contribution in [0.5, 0.6) is 0 Å². The molecule has 2 amide bonds. The standard InChI is InChI=1S/C18H27F3N4O2/c1-3-24(4-2)9-5-6-10-25(17(27)18(19,20)21)13-16-11-15(7-8-23-16)12-22-14-26/h7-8,11,14H,3-6,9-10,12-13H2,1-2H3,(H,22,26). The van der Waals surface area contributed by atoms with Crippen molar-refractivity contribution < 1.29 is 22.8 Å². The van der Waals surface area contributed by atoms with Gasteiger partial charge in [0.15, 0.2) is 0 Å². The fourth-order valence-electron chi connectivity index (χ4n) is 2.69. The van der Waals surface area contributed by atoms with Crippen molar-refractivity contribution in [3.63, 3.8) is 0 Å². The summed E-state index contributed by atoms with van der Waals surface area (Å²) in [5.74, 6) is -1.86. The van der Waals surface area contributed by atoms with Gasteiger partial charge in [0.05, 0.1) is 12.2 Å². The number of carbonyl (C=O) groups excluding carboxylic acids is 2. The molecule has 0 aliphatic heterocycles. The predicted molar refractivity (Wildman–Crippen MR) is 95.6 cm³/mol. The fraction of sp³-hybridized carbons (Fsp3) is 0.611. The number of nitrogens with one attached hydrogen (secondary N) is 1. The van der Waals surface area contributed by atoms with E-state index in [1.54, 1.807) is 12.1 Å². The molecule has 1 rings (SSSR count). The van der Waals surface area contributed by atoms with Crippen LogP contribution < -0.4 is 5.32 Å². The van der Waals surface area contributed by atoms with E-state index in [0.717, 1.165) is 24.5 Å². The molecule has 1 N–H and O–H groups in total. The van der Waals surface area contributed by atoms with E-state index >= 15 is 0 Å². The van der Waals surface area contributed by atoms with E-state index in [4.69, 9.17) is 0 Å². The number of pyridine rings is 1. The van der Waals surface area contributed by atoms with Crippen LogP contribution in [-0.4, -0.2) is 59.5 Å².